The summed E-state index contributed by atoms with van der Waals surface area (Å²) in [6.45, 7) is 4.09. The molecular weight excluding hydrogens is 261 g/mol. The Balaban J connectivity index is 2.20. The van der Waals surface area contributed by atoms with Gasteiger partial charge in [-0.1, -0.05) is 43.9 Å². The summed E-state index contributed by atoms with van der Waals surface area (Å²) in [7, 11) is 0. The molecule has 1 N–H and O–H groups in total. The van der Waals surface area contributed by atoms with Gasteiger partial charge in [-0.2, -0.15) is 0 Å². The van der Waals surface area contributed by atoms with E-state index in [0.29, 0.717) is 16.9 Å². The van der Waals surface area contributed by atoms with Crippen molar-refractivity contribution in [1.82, 2.24) is 5.32 Å². The zero-order valence-corrected chi connectivity index (χ0v) is 12.3. The lowest BCUT2D eigenvalue weighted by atomic mass is 9.82. The SMILES string of the molecule is CCNCC1CCCCCC1c1ccc(Cl)cc1F. The van der Waals surface area contributed by atoms with Crippen molar-refractivity contribution < 1.29 is 4.39 Å². The first kappa shape index (κ1) is 14.8. The summed E-state index contributed by atoms with van der Waals surface area (Å²) in [4.78, 5) is 0. The molecule has 0 spiro atoms. The van der Waals surface area contributed by atoms with Crippen molar-refractivity contribution >= 4 is 11.6 Å². The van der Waals surface area contributed by atoms with Gasteiger partial charge in [-0.25, -0.2) is 4.39 Å². The van der Waals surface area contributed by atoms with Crippen molar-refractivity contribution in [3.05, 3.63) is 34.6 Å². The van der Waals surface area contributed by atoms with Crippen LogP contribution in [0.15, 0.2) is 18.2 Å². The monoisotopic (exact) mass is 283 g/mol. The molecule has 1 aliphatic rings. The molecule has 1 fully saturated rings. The maximum absolute atomic E-state index is 14.2. The molecule has 19 heavy (non-hydrogen) atoms. The molecule has 0 heterocycles. The second kappa shape index (κ2) is 7.25. The van der Waals surface area contributed by atoms with Crippen LogP contribution in [-0.2, 0) is 0 Å². The Bertz CT molecular complexity index is 408. The van der Waals surface area contributed by atoms with Crippen molar-refractivity contribution in [2.75, 3.05) is 13.1 Å². The largest absolute Gasteiger partial charge is 0.317 e. The van der Waals surface area contributed by atoms with Crippen molar-refractivity contribution in [2.24, 2.45) is 5.92 Å². The number of nitrogens with one attached hydrogen (secondary N) is 1. The summed E-state index contributed by atoms with van der Waals surface area (Å²) >= 11 is 5.86. The molecule has 1 aliphatic carbocycles. The molecule has 0 aliphatic heterocycles. The Labute approximate surface area is 120 Å². The maximum Gasteiger partial charge on any atom is 0.128 e. The van der Waals surface area contributed by atoms with E-state index in [1.54, 1.807) is 0 Å². The van der Waals surface area contributed by atoms with Crippen LogP contribution < -0.4 is 5.32 Å². The summed E-state index contributed by atoms with van der Waals surface area (Å²) in [5.41, 5.74) is 0.856. The van der Waals surface area contributed by atoms with Gasteiger partial charge < -0.3 is 5.32 Å². The average molecular weight is 284 g/mol. The molecular formula is C16H23ClFN. The fourth-order valence-electron chi connectivity index (χ4n) is 3.17. The van der Waals surface area contributed by atoms with Gasteiger partial charge in [0.25, 0.3) is 0 Å². The highest BCUT2D eigenvalue weighted by Gasteiger charge is 2.26. The standard InChI is InChI=1S/C16H23ClFN/c1-2-19-11-12-6-4-3-5-7-14(12)15-9-8-13(17)10-16(15)18/h8-10,12,14,19H,2-7,11H2,1H3. The van der Waals surface area contributed by atoms with Crippen LogP contribution >= 0.6 is 11.6 Å². The van der Waals surface area contributed by atoms with Gasteiger partial charge in [-0.3, -0.25) is 0 Å². The highest BCUT2D eigenvalue weighted by molar-refractivity contribution is 6.30. The normalized spacial score (nSPS) is 24.2. The molecule has 3 heteroatoms. The van der Waals surface area contributed by atoms with Gasteiger partial charge in [0, 0.05) is 5.02 Å². The van der Waals surface area contributed by atoms with E-state index in [-0.39, 0.29) is 5.82 Å². The second-order valence-electron chi connectivity index (χ2n) is 5.48. The van der Waals surface area contributed by atoms with Crippen LogP contribution in [0.25, 0.3) is 0 Å². The predicted octanol–water partition coefficient (Wildman–Crippen LogP) is 4.75. The van der Waals surface area contributed by atoms with Crippen molar-refractivity contribution in [2.45, 2.75) is 44.9 Å². The van der Waals surface area contributed by atoms with Crippen LogP contribution in [0, 0.1) is 11.7 Å². The van der Waals surface area contributed by atoms with Gasteiger partial charge in [0.1, 0.15) is 5.82 Å². The van der Waals surface area contributed by atoms with Gasteiger partial charge in [-0.15, -0.1) is 0 Å². The van der Waals surface area contributed by atoms with Crippen LogP contribution in [0.2, 0.25) is 5.02 Å². The Hall–Kier alpha value is -0.600. The van der Waals surface area contributed by atoms with Crippen LogP contribution in [0.5, 0.6) is 0 Å². The lowest BCUT2D eigenvalue weighted by Crippen LogP contribution is -2.27. The summed E-state index contributed by atoms with van der Waals surface area (Å²) < 4.78 is 14.2. The highest BCUT2D eigenvalue weighted by Crippen LogP contribution is 2.37. The molecule has 1 aromatic carbocycles. The Morgan fingerprint density at radius 3 is 2.79 bits per heavy atom. The third-order valence-corrected chi connectivity index (χ3v) is 4.41. The minimum Gasteiger partial charge on any atom is -0.317 e. The lowest BCUT2D eigenvalue weighted by molar-refractivity contribution is 0.370. The van der Waals surface area contributed by atoms with Gasteiger partial charge in [0.2, 0.25) is 0 Å². The molecule has 2 atom stereocenters. The third kappa shape index (κ3) is 3.93. The van der Waals surface area contributed by atoms with Gasteiger partial charge >= 0.3 is 0 Å². The van der Waals surface area contributed by atoms with Crippen LogP contribution in [0.3, 0.4) is 0 Å². The zero-order chi connectivity index (χ0) is 13.7. The number of rotatable bonds is 4. The van der Waals surface area contributed by atoms with E-state index >= 15 is 0 Å². The first-order valence-electron chi connectivity index (χ1n) is 7.38. The first-order valence-corrected chi connectivity index (χ1v) is 7.75. The molecule has 0 saturated heterocycles. The van der Waals surface area contributed by atoms with E-state index in [9.17, 15) is 4.39 Å². The Morgan fingerprint density at radius 2 is 2.05 bits per heavy atom. The molecule has 0 bridgehead atoms. The van der Waals surface area contributed by atoms with Gasteiger partial charge in [-0.05, 0) is 55.5 Å². The molecule has 1 aromatic rings. The molecule has 2 unspecified atom stereocenters. The topological polar surface area (TPSA) is 12.0 Å². The summed E-state index contributed by atoms with van der Waals surface area (Å²) in [6.07, 6.45) is 6.03. The predicted molar refractivity (Wildman–Crippen MR) is 79.3 cm³/mol. The van der Waals surface area contributed by atoms with E-state index in [4.69, 9.17) is 11.6 Å². The number of benzene rings is 1. The van der Waals surface area contributed by atoms with Crippen molar-refractivity contribution in [3.63, 3.8) is 0 Å². The first-order chi connectivity index (χ1) is 9.22. The number of hydrogen-bond acceptors (Lipinski definition) is 1. The van der Waals surface area contributed by atoms with E-state index in [2.05, 4.69) is 12.2 Å². The molecule has 0 radical (unpaired) electrons. The summed E-state index contributed by atoms with van der Waals surface area (Å²) in [5.74, 6) is 0.734. The van der Waals surface area contributed by atoms with E-state index in [1.165, 1.54) is 31.7 Å². The smallest absolute Gasteiger partial charge is 0.128 e. The Morgan fingerprint density at radius 1 is 1.26 bits per heavy atom. The fraction of sp³-hybridized carbons (Fsp3) is 0.625. The molecule has 0 aromatic heterocycles. The van der Waals surface area contributed by atoms with Crippen LogP contribution in [-0.4, -0.2) is 13.1 Å². The quantitative estimate of drug-likeness (QED) is 0.786. The molecule has 2 rings (SSSR count). The molecule has 0 amide bonds. The fourth-order valence-corrected chi connectivity index (χ4v) is 3.33. The zero-order valence-electron chi connectivity index (χ0n) is 11.6. The van der Waals surface area contributed by atoms with E-state index in [0.717, 1.165) is 25.1 Å². The third-order valence-electron chi connectivity index (χ3n) is 4.18. The van der Waals surface area contributed by atoms with E-state index in [1.807, 2.05) is 12.1 Å². The Kier molecular flexibility index (Phi) is 5.65. The molecule has 1 saturated carbocycles. The molecule has 1 nitrogen and oxygen atoms in total. The maximum atomic E-state index is 14.2. The second-order valence-corrected chi connectivity index (χ2v) is 5.91. The van der Waals surface area contributed by atoms with E-state index < -0.39 is 0 Å². The molecule has 106 valence electrons. The van der Waals surface area contributed by atoms with Crippen LogP contribution in [0.1, 0.15) is 50.5 Å². The highest BCUT2D eigenvalue weighted by atomic mass is 35.5. The average Bonchev–Trinajstić information content (AvgIpc) is 2.62. The summed E-state index contributed by atoms with van der Waals surface area (Å²) in [6, 6.07) is 5.15. The number of halogens is 2. The lowest BCUT2D eigenvalue weighted by Gasteiger charge is -2.26. The van der Waals surface area contributed by atoms with Crippen molar-refractivity contribution in [3.8, 4) is 0 Å². The minimum absolute atomic E-state index is 0.138. The minimum atomic E-state index is -0.138. The van der Waals surface area contributed by atoms with Crippen LogP contribution in [0.4, 0.5) is 4.39 Å². The van der Waals surface area contributed by atoms with Gasteiger partial charge in [0.15, 0.2) is 0 Å². The summed E-state index contributed by atoms with van der Waals surface area (Å²) in [5, 5.41) is 3.91. The number of hydrogen-bond donors (Lipinski definition) is 1. The van der Waals surface area contributed by atoms with Gasteiger partial charge in [0.05, 0.1) is 0 Å². The van der Waals surface area contributed by atoms with Crippen molar-refractivity contribution in [1.29, 1.82) is 0 Å².